The molecule has 12 rings (SSSR count). The zero-order chi connectivity index (χ0) is 75.6. The van der Waals surface area contributed by atoms with Gasteiger partial charge in [-0.25, -0.2) is 47.2 Å². The summed E-state index contributed by atoms with van der Waals surface area (Å²) in [6, 6.07) is 1.42. The Morgan fingerprint density at radius 1 is 0.467 bits per heavy atom. The molecule has 0 saturated carbocycles. The second kappa shape index (κ2) is 31.6. The monoisotopic (exact) mass is 1670 g/mol. The number of anilines is 3. The maximum Gasteiger partial charge on any atom is 0.386 e. The van der Waals surface area contributed by atoms with Gasteiger partial charge in [0, 0.05) is 62.5 Å². The lowest BCUT2D eigenvalue weighted by Crippen LogP contribution is -2.33. The van der Waals surface area contributed by atoms with Crippen molar-refractivity contribution in [2.75, 3.05) is 57.3 Å². The average molecular weight is 1670 g/mol. The quantitative estimate of drug-likeness (QED) is 0.0236. The molecule has 0 bridgehead atoms. The number of aryl methyl sites for hydroxylation is 2. The average Bonchev–Trinajstić information content (AvgIpc) is 1.64. The highest BCUT2D eigenvalue weighted by atomic mass is 32.7. The molecule has 0 radical (unpaired) electrons. The topological polar surface area (TPSA) is 574 Å². The molecule has 0 aromatic carbocycles. The normalized spacial score (nSPS) is 29.3. The molecule has 0 spiro atoms. The molecule has 5 aliphatic rings. The summed E-state index contributed by atoms with van der Waals surface area (Å²) in [5.74, 6) is -0.813. The first-order valence-electron chi connectivity index (χ1n) is 31.3. The predicted octanol–water partition coefficient (Wildman–Crippen LogP) is 3.51. The fourth-order valence-corrected chi connectivity index (χ4v) is 18.8. The van der Waals surface area contributed by atoms with Gasteiger partial charge in [-0.3, -0.25) is 103 Å². The molecule has 0 amide bonds. The van der Waals surface area contributed by atoms with Crippen LogP contribution in [0.3, 0.4) is 0 Å². The van der Waals surface area contributed by atoms with Gasteiger partial charge in [-0.15, -0.1) is 0 Å². The highest BCUT2D eigenvalue weighted by Gasteiger charge is 2.50. The van der Waals surface area contributed by atoms with Crippen LogP contribution in [0.5, 0.6) is 0 Å². The van der Waals surface area contributed by atoms with E-state index in [1.165, 1.54) is 64.9 Å². The SMILES string of the molecule is COP(=O)(S)OCC1O[C@@H](n2cnc3c(=O)[nH]c(N)nc32)C[C@H]1OP(=O)(S)OCC1O[C@@H](n2cc(C)c(=O)[nH]c2=O)C[C@H]1OP(=O)(S)OCC1O[C@@H](n2cnc3c(=O)[nH]c(N)nc32)C[C@H]1OP(=O)(S)OCC1O[C@@H](n2cc(C)c(=O)[nH]c2=O)C[C@H]1OP(=O)(S)OCC1O[C@@H](n2ccc(N)nc2=O)C[C@H]1C. The third kappa shape index (κ3) is 18.6. The summed E-state index contributed by atoms with van der Waals surface area (Å²) < 4.78 is 165. The lowest BCUT2D eigenvalue weighted by molar-refractivity contribution is -0.0521. The van der Waals surface area contributed by atoms with Crippen molar-refractivity contribution >= 4 is 135 Å². The van der Waals surface area contributed by atoms with E-state index in [9.17, 15) is 56.4 Å². The minimum Gasteiger partial charge on any atom is -0.383 e. The summed E-state index contributed by atoms with van der Waals surface area (Å²) in [6.07, 6.45) is -12.2. The first kappa shape index (κ1) is 79.2. The molecule has 5 aliphatic heterocycles. The van der Waals surface area contributed by atoms with Gasteiger partial charge in [-0.2, -0.15) is 15.0 Å². The third-order valence-corrected chi connectivity index (χ3v) is 25.5. The largest absolute Gasteiger partial charge is 0.386 e. The van der Waals surface area contributed by atoms with Crippen LogP contribution in [0.25, 0.3) is 22.3 Å². The number of nitrogens with two attached hydrogens (primary N) is 3. The number of nitrogens with zero attached hydrogens (tertiary/aromatic N) is 10. The standard InChI is InChI=1S/C51H68N17O27P5S5/c1-21-7-34(64-6-5-33(52)57-49(64)73)87-28(21)14-83-97(77,102)92-24-8-35(65-12-22(2)43(69)62-50(65)74)88-30(24)16-85-100(80,105)95-27-11-38(68-20-56-40-42(68)59-48(54)61-46(40)72)91-32(27)18-86-98(78,103)93-25-9-36(66-13-23(3)44(70)63-51(66)75)89-31(25)17-84-99(79,104)94-26-10-37(90-29(26)15-82-96(76,101)81-4)67-19-55-39-41(67)58-47(53)60-45(39)71/h5-6,12-13,19-21,24-32,34-38H,7-11,14-18H2,1-4H3,(H,76,101)(H,77,102)(H,78,103)(H,79,104)(H,80,105)(H2,52,57,73)(H,62,69,74)(H,63,70,75)(H3,53,58,60,71)(H3,54,59,61,72)/t21-,24-,25-,26-,27-,28?,29?,30?,31?,32?,34-,35-,36-,37-,38-,96?,97?,98?,99?,100?/m1/s1. The van der Waals surface area contributed by atoms with Crippen molar-refractivity contribution < 1.29 is 91.7 Å². The Labute approximate surface area is 614 Å². The summed E-state index contributed by atoms with van der Waals surface area (Å²) in [5.41, 5.74) is 11.9. The third-order valence-electron chi connectivity index (χ3n) is 17.2. The van der Waals surface area contributed by atoms with Gasteiger partial charge in [0.05, 0.1) is 51.8 Å². The fourth-order valence-electron chi connectivity index (χ4n) is 12.0. The smallest absolute Gasteiger partial charge is 0.383 e. The minimum atomic E-state index is -4.80. The molecule has 10 unspecified atom stereocenters. The number of aromatic nitrogens is 14. The summed E-state index contributed by atoms with van der Waals surface area (Å²) in [7, 11) is 1.08. The van der Waals surface area contributed by atoms with Crippen LogP contribution in [0.15, 0.2) is 70.9 Å². The maximum atomic E-state index is 14.7. The van der Waals surface area contributed by atoms with Crippen LogP contribution < -0.4 is 56.5 Å². The molecule has 5 fully saturated rings. The van der Waals surface area contributed by atoms with E-state index in [4.69, 9.17) is 86.1 Å². The second-order valence-electron chi connectivity index (χ2n) is 24.4. The maximum absolute atomic E-state index is 14.7. The van der Waals surface area contributed by atoms with Gasteiger partial charge < -0.3 is 45.4 Å². The first-order chi connectivity index (χ1) is 49.4. The fraction of sp³-hybridized carbons (Fsp3) is 0.569. The molecule has 44 nitrogen and oxygen atoms in total. The zero-order valence-corrected chi connectivity index (χ0v) is 63.8. The van der Waals surface area contributed by atoms with Crippen LogP contribution in [0.4, 0.5) is 17.7 Å². The molecular formula is C51H68N17O27P5S5. The molecule has 10 N–H and O–H groups in total. The van der Waals surface area contributed by atoms with Crippen molar-refractivity contribution in [3.05, 3.63) is 121 Å². The van der Waals surface area contributed by atoms with E-state index in [1.54, 1.807) is 0 Å². The van der Waals surface area contributed by atoms with Gasteiger partial charge in [0.25, 0.3) is 22.2 Å². The minimum absolute atomic E-state index is 0.00575. The van der Waals surface area contributed by atoms with Crippen molar-refractivity contribution in [1.29, 1.82) is 0 Å². The summed E-state index contributed by atoms with van der Waals surface area (Å²) >= 11 is 21.0. The summed E-state index contributed by atoms with van der Waals surface area (Å²) in [6.45, 7) is -21.2. The van der Waals surface area contributed by atoms with Crippen LogP contribution in [0.1, 0.15) is 81.3 Å². The van der Waals surface area contributed by atoms with Crippen molar-refractivity contribution in [3.63, 3.8) is 0 Å². The first-order valence-corrected chi connectivity index (χ1v) is 44.7. The highest BCUT2D eigenvalue weighted by molar-refractivity contribution is 8.45. The van der Waals surface area contributed by atoms with Crippen LogP contribution in [0.2, 0.25) is 0 Å². The van der Waals surface area contributed by atoms with Crippen molar-refractivity contribution in [2.45, 2.75) is 139 Å². The van der Waals surface area contributed by atoms with Crippen LogP contribution >= 0.6 is 95.2 Å². The number of aromatic amines is 4. The van der Waals surface area contributed by atoms with Gasteiger partial charge in [0.15, 0.2) is 22.3 Å². The Balaban J connectivity index is 0.753. The van der Waals surface area contributed by atoms with Crippen LogP contribution in [-0.2, 0) is 91.7 Å². The molecule has 12 heterocycles. The van der Waals surface area contributed by atoms with Crippen LogP contribution in [-0.4, -0.2) is 163 Å². The van der Waals surface area contributed by atoms with Gasteiger partial charge in [-0.1, -0.05) is 68.2 Å². The Morgan fingerprint density at radius 3 is 1.16 bits per heavy atom. The number of nitrogen functional groups attached to an aromatic ring is 3. The number of thiol groups is 5. The molecule has 7 aromatic rings. The van der Waals surface area contributed by atoms with E-state index in [1.807, 2.05) is 6.92 Å². The van der Waals surface area contributed by atoms with E-state index in [0.29, 0.717) is 6.42 Å². The van der Waals surface area contributed by atoms with Crippen LogP contribution in [0, 0.1) is 19.8 Å². The number of fused-ring (bicyclic) bond motifs is 2. The number of ether oxygens (including phenoxy) is 5. The Bertz CT molecular complexity index is 5160. The Morgan fingerprint density at radius 2 is 0.800 bits per heavy atom. The molecule has 7 aromatic heterocycles. The molecule has 20 atom stereocenters. The number of nitrogens with one attached hydrogen (secondary N) is 4. The molecule has 5 saturated heterocycles. The molecular weight excluding hydrogens is 1600 g/mol. The van der Waals surface area contributed by atoms with Crippen molar-refractivity contribution in [1.82, 2.24) is 67.7 Å². The Hall–Kier alpha value is -5.36. The molecule has 105 heavy (non-hydrogen) atoms. The molecule has 574 valence electrons. The van der Waals surface area contributed by atoms with E-state index in [0.717, 1.165) is 16.2 Å². The highest BCUT2D eigenvalue weighted by Crippen LogP contribution is 2.62. The van der Waals surface area contributed by atoms with Gasteiger partial charge >= 0.3 is 51.1 Å². The molecule has 0 aliphatic carbocycles. The lowest BCUT2D eigenvalue weighted by atomic mass is 10.0. The van der Waals surface area contributed by atoms with Crippen molar-refractivity contribution in [3.8, 4) is 0 Å². The van der Waals surface area contributed by atoms with E-state index in [2.05, 4.69) is 106 Å². The number of hydrogen-bond donors (Lipinski definition) is 12. The number of rotatable bonds is 29. The second-order valence-corrected chi connectivity index (χ2v) is 39.0. The number of H-pyrrole nitrogens is 4. The van der Waals surface area contributed by atoms with Gasteiger partial charge in [-0.05, 0) is 32.3 Å². The molecule has 54 heteroatoms. The van der Waals surface area contributed by atoms with Crippen molar-refractivity contribution in [2.24, 2.45) is 5.92 Å². The lowest BCUT2D eigenvalue weighted by Gasteiger charge is -2.26. The predicted molar refractivity (Wildman–Crippen MR) is 381 cm³/mol. The number of imidazole rings is 2. The van der Waals surface area contributed by atoms with Gasteiger partial charge in [0.1, 0.15) is 85.8 Å². The zero-order valence-electron chi connectivity index (χ0n) is 54.9. The summed E-state index contributed by atoms with van der Waals surface area (Å²) in [4.78, 5) is 119. The Kier molecular flexibility index (Phi) is 23.8. The van der Waals surface area contributed by atoms with E-state index < -0.39 is 186 Å². The van der Waals surface area contributed by atoms with E-state index in [-0.39, 0.29) is 89.4 Å². The summed E-state index contributed by atoms with van der Waals surface area (Å²) in [5, 5.41) is 0. The number of hydrogen-bond acceptors (Lipinski definition) is 35. The van der Waals surface area contributed by atoms with E-state index >= 15 is 0 Å². The van der Waals surface area contributed by atoms with Gasteiger partial charge in [0.2, 0.25) is 11.9 Å².